The van der Waals surface area contributed by atoms with E-state index in [-0.39, 0.29) is 12.2 Å². The van der Waals surface area contributed by atoms with Gasteiger partial charge >= 0.3 is 5.97 Å². The predicted molar refractivity (Wildman–Crippen MR) is 94.3 cm³/mol. The summed E-state index contributed by atoms with van der Waals surface area (Å²) < 4.78 is 13.5. The summed E-state index contributed by atoms with van der Waals surface area (Å²) >= 11 is 0. The number of carbonyl (C=O) groups excluding carboxylic acids is 1. The number of nitrogens with zero attached hydrogens (tertiary/aromatic N) is 1. The number of hydrogen-bond donors (Lipinski definition) is 0. The van der Waals surface area contributed by atoms with Crippen molar-refractivity contribution in [1.82, 2.24) is 0 Å². The summed E-state index contributed by atoms with van der Waals surface area (Å²) in [5, 5.41) is 4.09. The number of benzene rings is 1. The third kappa shape index (κ3) is 6.06. The summed E-state index contributed by atoms with van der Waals surface area (Å²) in [5.74, 6) is -0.429. The van der Waals surface area contributed by atoms with Crippen molar-refractivity contribution in [3.05, 3.63) is 35.6 Å². The van der Waals surface area contributed by atoms with Crippen LogP contribution in [-0.4, -0.2) is 11.7 Å². The fourth-order valence-corrected chi connectivity index (χ4v) is 3.26. The molecule has 1 aliphatic rings. The molecule has 0 amide bonds. The van der Waals surface area contributed by atoms with Gasteiger partial charge in [0.05, 0.1) is 12.1 Å². The van der Waals surface area contributed by atoms with Crippen LogP contribution in [0.4, 0.5) is 4.39 Å². The maximum atomic E-state index is 13.5. The van der Waals surface area contributed by atoms with E-state index in [4.69, 9.17) is 4.84 Å². The van der Waals surface area contributed by atoms with Crippen LogP contribution in [0.5, 0.6) is 0 Å². The first kappa shape index (κ1) is 18.6. The second-order valence-electron chi connectivity index (χ2n) is 6.61. The van der Waals surface area contributed by atoms with Gasteiger partial charge in [0.25, 0.3) is 0 Å². The quantitative estimate of drug-likeness (QED) is 0.343. The molecule has 1 unspecified atom stereocenters. The summed E-state index contributed by atoms with van der Waals surface area (Å²) in [4.78, 5) is 16.9. The Labute approximate surface area is 144 Å². The van der Waals surface area contributed by atoms with Gasteiger partial charge in [-0.25, -0.2) is 9.18 Å². The van der Waals surface area contributed by atoms with Crippen LogP contribution in [-0.2, 0) is 16.1 Å². The number of rotatable bonds is 9. The first-order chi connectivity index (χ1) is 11.7. The average molecular weight is 333 g/mol. The molecule has 1 aromatic carbocycles. The highest BCUT2D eigenvalue weighted by molar-refractivity contribution is 5.88. The maximum Gasteiger partial charge on any atom is 0.339 e. The van der Waals surface area contributed by atoms with E-state index in [9.17, 15) is 9.18 Å². The molecule has 0 aliphatic heterocycles. The van der Waals surface area contributed by atoms with Gasteiger partial charge < -0.3 is 4.84 Å². The Morgan fingerprint density at radius 2 is 2.04 bits per heavy atom. The number of halogens is 1. The standard InChI is InChI=1S/C20H28FNO2/c1-2-3-4-5-6-10-16-12-9-14-19(16)22-24-20(23)15-17-11-7-8-13-18(17)21/h7-8,11,13,16H,2-6,9-10,12,14-15H2,1H3/b22-19+. The van der Waals surface area contributed by atoms with Crippen LogP contribution in [0.15, 0.2) is 29.4 Å². The highest BCUT2D eigenvalue weighted by Crippen LogP contribution is 2.28. The minimum atomic E-state index is -0.499. The fourth-order valence-electron chi connectivity index (χ4n) is 3.26. The van der Waals surface area contributed by atoms with E-state index < -0.39 is 5.97 Å². The van der Waals surface area contributed by atoms with Crippen molar-refractivity contribution in [2.75, 3.05) is 0 Å². The summed E-state index contributed by atoms with van der Waals surface area (Å²) in [6.45, 7) is 2.22. The lowest BCUT2D eigenvalue weighted by atomic mass is 9.98. The molecule has 0 heterocycles. The molecule has 1 aliphatic carbocycles. The summed E-state index contributed by atoms with van der Waals surface area (Å²) in [5.41, 5.74) is 1.36. The third-order valence-corrected chi connectivity index (χ3v) is 4.67. The number of carbonyl (C=O) groups is 1. The topological polar surface area (TPSA) is 38.7 Å². The average Bonchev–Trinajstić information content (AvgIpc) is 3.02. The third-order valence-electron chi connectivity index (χ3n) is 4.67. The molecule has 0 N–H and O–H groups in total. The van der Waals surface area contributed by atoms with Crippen molar-refractivity contribution in [3.8, 4) is 0 Å². The molecule has 1 fully saturated rings. The van der Waals surface area contributed by atoms with Gasteiger partial charge in [-0.15, -0.1) is 0 Å². The van der Waals surface area contributed by atoms with Crippen LogP contribution in [0.2, 0.25) is 0 Å². The predicted octanol–water partition coefficient (Wildman–Crippen LogP) is 5.43. The molecule has 0 saturated heterocycles. The lowest BCUT2D eigenvalue weighted by molar-refractivity contribution is -0.142. The molecule has 1 saturated carbocycles. The molecule has 0 aromatic heterocycles. The first-order valence-electron chi connectivity index (χ1n) is 9.20. The zero-order chi connectivity index (χ0) is 17.2. The van der Waals surface area contributed by atoms with Crippen LogP contribution in [0.1, 0.15) is 70.3 Å². The van der Waals surface area contributed by atoms with E-state index in [0.717, 1.165) is 31.4 Å². The van der Waals surface area contributed by atoms with E-state index in [0.29, 0.717) is 11.5 Å². The van der Waals surface area contributed by atoms with Gasteiger partial charge in [0.1, 0.15) is 5.82 Å². The number of oxime groups is 1. The zero-order valence-corrected chi connectivity index (χ0v) is 14.6. The van der Waals surface area contributed by atoms with E-state index in [1.165, 1.54) is 38.2 Å². The minimum Gasteiger partial charge on any atom is -0.318 e. The van der Waals surface area contributed by atoms with Crippen molar-refractivity contribution >= 4 is 11.7 Å². The lowest BCUT2D eigenvalue weighted by Crippen LogP contribution is -2.11. The number of hydrogen-bond acceptors (Lipinski definition) is 3. The lowest BCUT2D eigenvalue weighted by Gasteiger charge is -2.10. The molecule has 1 aromatic rings. The molecule has 2 rings (SSSR count). The zero-order valence-electron chi connectivity index (χ0n) is 14.6. The maximum absolute atomic E-state index is 13.5. The Morgan fingerprint density at radius 1 is 1.25 bits per heavy atom. The molecular formula is C20H28FNO2. The van der Waals surface area contributed by atoms with Gasteiger partial charge in [-0.05, 0) is 37.3 Å². The van der Waals surface area contributed by atoms with Gasteiger partial charge in [-0.3, -0.25) is 0 Å². The SMILES string of the molecule is CCCCCCCC1CCC/C1=N\OC(=O)Cc1ccccc1F. The summed E-state index contributed by atoms with van der Waals surface area (Å²) in [6.07, 6.45) is 10.6. The van der Waals surface area contributed by atoms with Crippen LogP contribution in [0.3, 0.4) is 0 Å². The molecule has 4 heteroatoms. The van der Waals surface area contributed by atoms with Gasteiger partial charge in [-0.2, -0.15) is 0 Å². The molecule has 0 spiro atoms. The van der Waals surface area contributed by atoms with Crippen LogP contribution in [0.25, 0.3) is 0 Å². The molecule has 24 heavy (non-hydrogen) atoms. The highest BCUT2D eigenvalue weighted by atomic mass is 19.1. The van der Waals surface area contributed by atoms with E-state index in [1.807, 2.05) is 0 Å². The summed E-state index contributed by atoms with van der Waals surface area (Å²) in [6, 6.07) is 6.26. The Kier molecular flexibility index (Phi) is 7.93. The van der Waals surface area contributed by atoms with Crippen LogP contribution < -0.4 is 0 Å². The van der Waals surface area contributed by atoms with Gasteiger partial charge in [0.2, 0.25) is 0 Å². The van der Waals surface area contributed by atoms with Crippen molar-refractivity contribution in [3.63, 3.8) is 0 Å². The van der Waals surface area contributed by atoms with Crippen LogP contribution in [0, 0.1) is 11.7 Å². The van der Waals surface area contributed by atoms with E-state index in [1.54, 1.807) is 18.2 Å². The van der Waals surface area contributed by atoms with Gasteiger partial charge in [0, 0.05) is 5.92 Å². The Hall–Kier alpha value is -1.71. The summed E-state index contributed by atoms with van der Waals surface area (Å²) in [7, 11) is 0. The van der Waals surface area contributed by atoms with Crippen LogP contribution >= 0.6 is 0 Å². The molecule has 1 atom stereocenters. The molecule has 132 valence electrons. The Bertz CT molecular complexity index is 556. The van der Waals surface area contributed by atoms with Crippen molar-refractivity contribution in [1.29, 1.82) is 0 Å². The van der Waals surface area contributed by atoms with Gasteiger partial charge in [-0.1, -0.05) is 62.4 Å². The Morgan fingerprint density at radius 3 is 2.83 bits per heavy atom. The fraction of sp³-hybridized carbons (Fsp3) is 0.600. The van der Waals surface area contributed by atoms with Crippen molar-refractivity contribution < 1.29 is 14.0 Å². The monoisotopic (exact) mass is 333 g/mol. The molecule has 0 radical (unpaired) electrons. The van der Waals surface area contributed by atoms with E-state index in [2.05, 4.69) is 12.1 Å². The van der Waals surface area contributed by atoms with Gasteiger partial charge in [0.15, 0.2) is 0 Å². The second kappa shape index (κ2) is 10.2. The Balaban J connectivity index is 1.77. The normalized spacial score (nSPS) is 18.9. The highest BCUT2D eigenvalue weighted by Gasteiger charge is 2.23. The smallest absolute Gasteiger partial charge is 0.318 e. The van der Waals surface area contributed by atoms with Crippen molar-refractivity contribution in [2.45, 2.75) is 71.1 Å². The molecule has 3 nitrogen and oxygen atoms in total. The van der Waals surface area contributed by atoms with Crippen molar-refractivity contribution in [2.24, 2.45) is 11.1 Å². The minimum absolute atomic E-state index is 0.0782. The number of unbranched alkanes of at least 4 members (excludes halogenated alkanes) is 4. The van der Waals surface area contributed by atoms with E-state index >= 15 is 0 Å². The largest absolute Gasteiger partial charge is 0.339 e. The molecule has 0 bridgehead atoms. The second-order valence-corrected chi connectivity index (χ2v) is 6.61. The first-order valence-corrected chi connectivity index (χ1v) is 9.20. The molecular weight excluding hydrogens is 305 g/mol.